The Hall–Kier alpha value is -3.03. The molecule has 0 radical (unpaired) electrons. The van der Waals surface area contributed by atoms with Crippen molar-refractivity contribution >= 4 is 11.0 Å². The molecule has 184 valence electrons. The third-order valence-electron chi connectivity index (χ3n) is 9.39. The lowest BCUT2D eigenvalue weighted by Crippen LogP contribution is -2.43. The summed E-state index contributed by atoms with van der Waals surface area (Å²) < 4.78 is 10.2. The number of pyridine rings is 2. The Labute approximate surface area is 211 Å². The molecule has 4 aromatic heterocycles. The van der Waals surface area contributed by atoms with Gasteiger partial charge in [0.2, 0.25) is 0 Å². The number of hydrogen-bond donors (Lipinski definition) is 0. The first kappa shape index (κ1) is 21.1. The van der Waals surface area contributed by atoms with Gasteiger partial charge in [0.05, 0.1) is 42.2 Å². The molecule has 1 aliphatic heterocycles. The summed E-state index contributed by atoms with van der Waals surface area (Å²) in [5, 5.41) is 5.17. The summed E-state index contributed by atoms with van der Waals surface area (Å²) in [5.74, 6) is 2.51. The Kier molecular flexibility index (Phi) is 4.39. The van der Waals surface area contributed by atoms with E-state index in [0.29, 0.717) is 11.5 Å². The molecule has 5 heterocycles. The molecule has 0 aromatic carbocycles. The number of hydrogen-bond acceptors (Lipinski definition) is 5. The van der Waals surface area contributed by atoms with Crippen molar-refractivity contribution in [2.24, 2.45) is 17.8 Å². The summed E-state index contributed by atoms with van der Waals surface area (Å²) in [6.45, 7) is 9.21. The number of fused-ring (bicyclic) bond motifs is 2. The van der Waals surface area contributed by atoms with E-state index in [0.717, 1.165) is 84.6 Å². The van der Waals surface area contributed by atoms with Crippen molar-refractivity contribution in [3.8, 4) is 11.3 Å². The summed E-state index contributed by atoms with van der Waals surface area (Å²) in [6, 6.07) is 13.9. The number of nitrogens with zero attached hydrogens (tertiary/aromatic N) is 6. The first-order chi connectivity index (χ1) is 17.7. The molecule has 0 amide bonds. The molecule has 4 aromatic rings. The van der Waals surface area contributed by atoms with Gasteiger partial charge in [-0.1, -0.05) is 6.07 Å². The van der Waals surface area contributed by atoms with E-state index < -0.39 is 0 Å². The Balaban J connectivity index is 1.13. The van der Waals surface area contributed by atoms with E-state index in [1.54, 1.807) is 0 Å². The Bertz CT molecular complexity index is 1450. The third-order valence-corrected chi connectivity index (χ3v) is 9.39. The van der Waals surface area contributed by atoms with Crippen molar-refractivity contribution in [1.82, 2.24) is 29.2 Å². The third kappa shape index (κ3) is 2.84. The topological polar surface area (TPSA) is 61.0 Å². The molecule has 2 bridgehead atoms. The minimum absolute atomic E-state index is 0.343. The van der Waals surface area contributed by atoms with E-state index in [1.807, 2.05) is 24.5 Å². The SMILES string of the molecule is CC(C)n1nc(-c2cnc3ccn(Cc4ccccn4)c3c2)cc1[C@]12C3[C@@H](N4CCOCC4)C[C@@H]1[C@H]32. The average Bonchev–Trinajstić information content (AvgIpc) is 3.37. The molecule has 7 nitrogen and oxygen atoms in total. The normalized spacial score (nSPS) is 30.8. The monoisotopic (exact) mass is 480 g/mol. The van der Waals surface area contributed by atoms with Gasteiger partial charge in [0.25, 0.3) is 0 Å². The van der Waals surface area contributed by atoms with Gasteiger partial charge < -0.3 is 9.30 Å². The van der Waals surface area contributed by atoms with Gasteiger partial charge in [-0.2, -0.15) is 5.10 Å². The van der Waals surface area contributed by atoms with Gasteiger partial charge in [0, 0.05) is 60.4 Å². The number of rotatable bonds is 6. The van der Waals surface area contributed by atoms with Crippen LogP contribution < -0.4 is 0 Å². The molecular formula is C29H32N6O. The van der Waals surface area contributed by atoms with E-state index >= 15 is 0 Å². The van der Waals surface area contributed by atoms with Crippen LogP contribution in [0, 0.1) is 17.8 Å². The largest absolute Gasteiger partial charge is 0.379 e. The maximum atomic E-state index is 5.63. The molecule has 1 unspecified atom stereocenters. The van der Waals surface area contributed by atoms with Crippen molar-refractivity contribution in [3.05, 3.63) is 66.4 Å². The van der Waals surface area contributed by atoms with Crippen molar-refractivity contribution in [3.63, 3.8) is 0 Å². The second-order valence-corrected chi connectivity index (χ2v) is 11.4. The molecule has 1 saturated heterocycles. The van der Waals surface area contributed by atoms with Gasteiger partial charge in [0.1, 0.15) is 0 Å². The van der Waals surface area contributed by atoms with Crippen molar-refractivity contribution in [1.29, 1.82) is 0 Å². The molecule has 36 heavy (non-hydrogen) atoms. The van der Waals surface area contributed by atoms with Crippen LogP contribution in [0.25, 0.3) is 22.3 Å². The van der Waals surface area contributed by atoms with E-state index in [1.165, 1.54) is 12.1 Å². The zero-order valence-electron chi connectivity index (χ0n) is 20.9. The number of morpholine rings is 1. The fourth-order valence-corrected chi connectivity index (χ4v) is 7.74. The van der Waals surface area contributed by atoms with Gasteiger partial charge in [-0.05, 0) is 68.4 Å². The van der Waals surface area contributed by atoms with Crippen molar-refractivity contribution in [2.45, 2.75) is 44.3 Å². The lowest BCUT2D eigenvalue weighted by atomic mass is 9.99. The molecule has 4 saturated carbocycles. The summed E-state index contributed by atoms with van der Waals surface area (Å²) in [4.78, 5) is 12.0. The first-order valence-corrected chi connectivity index (χ1v) is 13.4. The smallest absolute Gasteiger partial charge is 0.0942 e. The van der Waals surface area contributed by atoms with Crippen LogP contribution in [-0.2, 0) is 16.7 Å². The summed E-state index contributed by atoms with van der Waals surface area (Å²) in [6.07, 6.45) is 7.30. The van der Waals surface area contributed by atoms with Gasteiger partial charge in [-0.3, -0.25) is 19.5 Å². The highest BCUT2D eigenvalue weighted by Crippen LogP contribution is 2.91. The standard InChI is InChI=1S/C29H32N6O/c1-18(2)35-26(29-21-14-25(28(29)27(21)29)33-9-11-36-12-10-33)15-23(32-35)19-13-24-22(31-16-19)6-8-34(24)17-20-5-3-4-7-30-20/h3-8,13,15-16,18,21,25,27-28H,9-12,14,17H2,1-2H3/t21-,25+,27-,28?,29-/m1/s1. The minimum Gasteiger partial charge on any atom is -0.379 e. The predicted molar refractivity (Wildman–Crippen MR) is 138 cm³/mol. The lowest BCUT2D eigenvalue weighted by Gasteiger charge is -2.32. The predicted octanol–water partition coefficient (Wildman–Crippen LogP) is 4.14. The molecular weight excluding hydrogens is 448 g/mol. The fourth-order valence-electron chi connectivity index (χ4n) is 7.74. The molecule has 5 atom stereocenters. The molecule has 7 heteroatoms. The van der Waals surface area contributed by atoms with Crippen LogP contribution in [0.4, 0.5) is 0 Å². The van der Waals surface area contributed by atoms with E-state index in [9.17, 15) is 0 Å². The van der Waals surface area contributed by atoms with Crippen LogP contribution in [0.1, 0.15) is 37.7 Å². The molecule has 5 fully saturated rings. The minimum atomic E-state index is 0.343. The molecule has 4 aliphatic carbocycles. The van der Waals surface area contributed by atoms with Crippen LogP contribution in [0.3, 0.4) is 0 Å². The van der Waals surface area contributed by atoms with Crippen LogP contribution in [0.2, 0.25) is 0 Å². The highest BCUT2D eigenvalue weighted by molar-refractivity contribution is 5.81. The fraction of sp³-hybridized carbons (Fsp3) is 0.483. The Morgan fingerprint density at radius 3 is 2.75 bits per heavy atom. The quantitative estimate of drug-likeness (QED) is 0.415. The zero-order valence-corrected chi connectivity index (χ0v) is 20.9. The Morgan fingerprint density at radius 1 is 1.08 bits per heavy atom. The number of ether oxygens (including phenoxy) is 1. The van der Waals surface area contributed by atoms with E-state index in [-0.39, 0.29) is 0 Å². The highest BCUT2D eigenvalue weighted by Gasteiger charge is 2.93. The van der Waals surface area contributed by atoms with Crippen molar-refractivity contribution in [2.75, 3.05) is 26.3 Å². The second kappa shape index (κ2) is 7.49. The number of aromatic nitrogens is 5. The average molecular weight is 481 g/mol. The van der Waals surface area contributed by atoms with Gasteiger partial charge in [-0.25, -0.2) is 0 Å². The lowest BCUT2D eigenvalue weighted by molar-refractivity contribution is 0.0150. The van der Waals surface area contributed by atoms with E-state index in [4.69, 9.17) is 14.8 Å². The maximum absolute atomic E-state index is 5.63. The molecule has 9 rings (SSSR count). The molecule has 0 spiro atoms. The Morgan fingerprint density at radius 2 is 1.97 bits per heavy atom. The van der Waals surface area contributed by atoms with Crippen LogP contribution >= 0.6 is 0 Å². The first-order valence-electron chi connectivity index (χ1n) is 13.4. The zero-order chi connectivity index (χ0) is 24.0. The van der Waals surface area contributed by atoms with Gasteiger partial charge in [-0.15, -0.1) is 0 Å². The summed E-state index contributed by atoms with van der Waals surface area (Å²) in [7, 11) is 0. The van der Waals surface area contributed by atoms with Gasteiger partial charge in [0.15, 0.2) is 0 Å². The highest BCUT2D eigenvalue weighted by atomic mass is 16.5. The maximum Gasteiger partial charge on any atom is 0.0942 e. The summed E-state index contributed by atoms with van der Waals surface area (Å²) >= 11 is 0. The second-order valence-electron chi connectivity index (χ2n) is 11.4. The summed E-state index contributed by atoms with van der Waals surface area (Å²) in [5.41, 5.74) is 7.16. The molecule has 5 aliphatic rings. The van der Waals surface area contributed by atoms with Gasteiger partial charge >= 0.3 is 0 Å². The van der Waals surface area contributed by atoms with Crippen LogP contribution in [0.15, 0.2) is 55.0 Å². The van der Waals surface area contributed by atoms with Crippen molar-refractivity contribution < 1.29 is 4.74 Å². The molecule has 0 N–H and O–H groups in total. The van der Waals surface area contributed by atoms with E-state index in [2.05, 4.69) is 63.4 Å². The van der Waals surface area contributed by atoms with Crippen LogP contribution in [0.5, 0.6) is 0 Å². The van der Waals surface area contributed by atoms with Crippen LogP contribution in [-0.4, -0.2) is 61.6 Å².